The molecule has 2 aromatic rings. The number of carboxylic acids is 1. The Labute approximate surface area is 177 Å². The van der Waals surface area contributed by atoms with E-state index in [1.165, 1.54) is 12.1 Å². The van der Waals surface area contributed by atoms with Gasteiger partial charge in [-0.25, -0.2) is 4.79 Å². The van der Waals surface area contributed by atoms with Gasteiger partial charge in [0.1, 0.15) is 5.75 Å². The maximum absolute atomic E-state index is 12.7. The molecule has 2 aromatic carbocycles. The highest BCUT2D eigenvalue weighted by Gasteiger charge is 2.43. The molecule has 1 aliphatic heterocycles. The van der Waals surface area contributed by atoms with E-state index in [4.69, 9.17) is 9.47 Å². The monoisotopic (exact) mass is 411 g/mol. The molecule has 0 unspecified atom stereocenters. The van der Waals surface area contributed by atoms with Gasteiger partial charge in [-0.1, -0.05) is 30.3 Å². The highest BCUT2D eigenvalue weighted by atomic mass is 16.5. The van der Waals surface area contributed by atoms with E-state index in [1.54, 1.807) is 19.2 Å². The number of rotatable bonds is 7. The summed E-state index contributed by atoms with van der Waals surface area (Å²) in [5, 5.41) is 12.3. The van der Waals surface area contributed by atoms with Crippen molar-refractivity contribution in [1.82, 2.24) is 5.32 Å². The van der Waals surface area contributed by atoms with Crippen LogP contribution < -0.4 is 10.1 Å². The molecule has 0 saturated carbocycles. The summed E-state index contributed by atoms with van der Waals surface area (Å²) in [6.07, 6.45) is 2.31. The lowest BCUT2D eigenvalue weighted by Gasteiger charge is -2.46. The quantitative estimate of drug-likeness (QED) is 0.718. The molecule has 0 aromatic heterocycles. The van der Waals surface area contributed by atoms with Crippen molar-refractivity contribution in [2.45, 2.75) is 44.1 Å². The molecule has 160 valence electrons. The predicted octanol–water partition coefficient (Wildman–Crippen LogP) is 4.04. The van der Waals surface area contributed by atoms with Gasteiger partial charge in [0.05, 0.1) is 23.8 Å². The molecule has 30 heavy (non-hydrogen) atoms. The lowest BCUT2D eigenvalue weighted by Crippen LogP contribution is -2.46. The minimum absolute atomic E-state index is 0.00152. The fourth-order valence-electron chi connectivity index (χ4n) is 4.52. The fourth-order valence-corrected chi connectivity index (χ4v) is 4.52. The van der Waals surface area contributed by atoms with Crippen LogP contribution in [0, 0.1) is 0 Å². The van der Waals surface area contributed by atoms with E-state index in [-0.39, 0.29) is 28.1 Å². The molecule has 3 rings (SSSR count). The predicted molar refractivity (Wildman–Crippen MR) is 114 cm³/mol. The molecular weight excluding hydrogens is 382 g/mol. The first-order valence-corrected chi connectivity index (χ1v) is 10.2. The molecule has 0 bridgehead atoms. The van der Waals surface area contributed by atoms with Crippen LogP contribution in [-0.2, 0) is 10.2 Å². The molecule has 2 N–H and O–H groups in total. The van der Waals surface area contributed by atoms with Crippen LogP contribution in [0.5, 0.6) is 5.75 Å². The Morgan fingerprint density at radius 2 is 1.77 bits per heavy atom. The van der Waals surface area contributed by atoms with Gasteiger partial charge in [-0.2, -0.15) is 0 Å². The van der Waals surface area contributed by atoms with E-state index >= 15 is 0 Å². The van der Waals surface area contributed by atoms with E-state index in [9.17, 15) is 14.7 Å². The van der Waals surface area contributed by atoms with Crippen molar-refractivity contribution in [2.24, 2.45) is 0 Å². The molecule has 0 aliphatic carbocycles. The fraction of sp³-hybridized carbons (Fsp3) is 0.417. The molecule has 1 atom stereocenters. The number of amides is 1. The Balaban J connectivity index is 1.82. The number of carbonyl (C=O) groups excluding carboxylic acids is 1. The van der Waals surface area contributed by atoms with Crippen molar-refractivity contribution in [3.63, 3.8) is 0 Å². The van der Waals surface area contributed by atoms with Crippen molar-refractivity contribution < 1.29 is 24.2 Å². The maximum Gasteiger partial charge on any atom is 0.336 e. The van der Waals surface area contributed by atoms with Gasteiger partial charge < -0.3 is 19.9 Å². The lowest BCUT2D eigenvalue weighted by molar-refractivity contribution is -0.0841. The first-order valence-electron chi connectivity index (χ1n) is 10.2. The molecule has 0 spiro atoms. The molecule has 1 saturated heterocycles. The van der Waals surface area contributed by atoms with Gasteiger partial charge in [0.25, 0.3) is 5.91 Å². The average Bonchev–Trinajstić information content (AvgIpc) is 2.72. The second kappa shape index (κ2) is 8.88. The molecule has 6 heteroatoms. The Morgan fingerprint density at radius 1 is 1.10 bits per heavy atom. The van der Waals surface area contributed by atoms with Gasteiger partial charge >= 0.3 is 5.97 Å². The summed E-state index contributed by atoms with van der Waals surface area (Å²) in [6, 6.07) is 14.2. The van der Waals surface area contributed by atoms with Crippen LogP contribution in [0.25, 0.3) is 0 Å². The van der Waals surface area contributed by atoms with Crippen LogP contribution in [0.15, 0.2) is 48.5 Å². The molecule has 1 fully saturated rings. The van der Waals surface area contributed by atoms with Gasteiger partial charge in [-0.15, -0.1) is 0 Å². The van der Waals surface area contributed by atoms with E-state index in [0.29, 0.717) is 19.6 Å². The van der Waals surface area contributed by atoms with Crippen molar-refractivity contribution in [1.29, 1.82) is 0 Å². The number of para-hydroxylation sites is 1. The molecule has 0 radical (unpaired) electrons. The number of aromatic carboxylic acids is 1. The van der Waals surface area contributed by atoms with Gasteiger partial charge in [0, 0.05) is 24.1 Å². The van der Waals surface area contributed by atoms with Crippen molar-refractivity contribution in [2.75, 3.05) is 20.3 Å². The highest BCUT2D eigenvalue weighted by Crippen LogP contribution is 2.46. The van der Waals surface area contributed by atoms with Crippen LogP contribution in [-0.4, -0.2) is 42.8 Å². The summed E-state index contributed by atoms with van der Waals surface area (Å²) in [5.41, 5.74) is 0.779. The van der Waals surface area contributed by atoms with Crippen LogP contribution in [0.1, 0.15) is 59.4 Å². The van der Waals surface area contributed by atoms with Gasteiger partial charge in [0.15, 0.2) is 0 Å². The molecule has 1 amide bonds. The zero-order valence-corrected chi connectivity index (χ0v) is 17.7. The maximum atomic E-state index is 12.7. The number of nitrogens with one attached hydrogen (secondary N) is 1. The summed E-state index contributed by atoms with van der Waals surface area (Å²) in [7, 11) is 1.67. The van der Waals surface area contributed by atoms with Gasteiger partial charge in [-0.05, 0) is 51.3 Å². The zero-order chi connectivity index (χ0) is 21.8. The highest BCUT2D eigenvalue weighted by molar-refractivity contribution is 6.04. The minimum Gasteiger partial charge on any atom is -0.496 e. The Bertz CT molecular complexity index is 923. The summed E-state index contributed by atoms with van der Waals surface area (Å²) in [4.78, 5) is 24.1. The molecular formula is C24H29NO5. The first-order chi connectivity index (χ1) is 14.3. The summed E-state index contributed by atoms with van der Waals surface area (Å²) < 4.78 is 11.6. The number of methoxy groups -OCH3 is 1. The molecule has 6 nitrogen and oxygen atoms in total. The van der Waals surface area contributed by atoms with Gasteiger partial charge in [0.2, 0.25) is 0 Å². The summed E-state index contributed by atoms with van der Waals surface area (Å²) in [5.74, 6) is -0.662. The normalized spacial score (nSPS) is 20.4. The second-order valence-electron chi connectivity index (χ2n) is 8.37. The zero-order valence-electron chi connectivity index (χ0n) is 17.7. The lowest BCUT2D eigenvalue weighted by atomic mass is 9.67. The number of hydrogen-bond acceptors (Lipinski definition) is 4. The van der Waals surface area contributed by atoms with Crippen molar-refractivity contribution in [3.8, 4) is 5.75 Å². The topological polar surface area (TPSA) is 84.9 Å². The minimum atomic E-state index is -1.11. The number of carboxylic acid groups (broad SMARTS) is 1. The van der Waals surface area contributed by atoms with Crippen LogP contribution in [0.2, 0.25) is 0 Å². The third-order valence-electron chi connectivity index (χ3n) is 5.81. The standard InChI is InChI=1S/C24H29NO5/c1-23(2)16-24(13-15-30-23,19-10-6-7-11-20(19)29-3)12-14-25-21(26)17-8-4-5-9-18(17)22(27)28/h4-11H,12-16H2,1-3H3,(H,25,26)(H,27,28)/t24-/m0/s1. The van der Waals surface area contributed by atoms with E-state index in [0.717, 1.165) is 24.2 Å². The van der Waals surface area contributed by atoms with Crippen LogP contribution in [0.4, 0.5) is 0 Å². The molecule has 1 heterocycles. The Hall–Kier alpha value is -2.86. The second-order valence-corrected chi connectivity index (χ2v) is 8.37. The summed E-state index contributed by atoms with van der Waals surface area (Å²) in [6.45, 7) is 5.21. The number of carbonyl (C=O) groups is 2. The Kier molecular flexibility index (Phi) is 6.46. The number of ether oxygens (including phenoxy) is 2. The smallest absolute Gasteiger partial charge is 0.336 e. The first kappa shape index (κ1) is 21.8. The largest absolute Gasteiger partial charge is 0.496 e. The van der Waals surface area contributed by atoms with Crippen LogP contribution >= 0.6 is 0 Å². The molecule has 1 aliphatic rings. The average molecular weight is 411 g/mol. The van der Waals surface area contributed by atoms with Gasteiger partial charge in [-0.3, -0.25) is 4.79 Å². The Morgan fingerprint density at radius 3 is 2.43 bits per heavy atom. The summed E-state index contributed by atoms with van der Waals surface area (Å²) >= 11 is 0. The van der Waals surface area contributed by atoms with Crippen molar-refractivity contribution in [3.05, 3.63) is 65.2 Å². The van der Waals surface area contributed by atoms with Crippen LogP contribution in [0.3, 0.4) is 0 Å². The van der Waals surface area contributed by atoms with E-state index in [2.05, 4.69) is 25.2 Å². The van der Waals surface area contributed by atoms with E-state index in [1.807, 2.05) is 18.2 Å². The van der Waals surface area contributed by atoms with Crippen molar-refractivity contribution >= 4 is 11.9 Å². The number of hydrogen-bond donors (Lipinski definition) is 2. The third-order valence-corrected chi connectivity index (χ3v) is 5.81. The van der Waals surface area contributed by atoms with E-state index < -0.39 is 5.97 Å². The number of benzene rings is 2. The third kappa shape index (κ3) is 4.65. The SMILES string of the molecule is COc1ccccc1[C@@]1(CCNC(=O)c2ccccc2C(=O)O)CCOC(C)(C)C1.